The number of nitrogens with one attached hydrogen (secondary N) is 1. The van der Waals surface area contributed by atoms with Gasteiger partial charge in [-0.15, -0.1) is 0 Å². The van der Waals surface area contributed by atoms with Crippen LogP contribution in [0.25, 0.3) is 22.2 Å². The number of benzene rings is 3. The number of morpholine rings is 1. The van der Waals surface area contributed by atoms with Crippen molar-refractivity contribution in [3.05, 3.63) is 95.1 Å². The molecular weight excluding hydrogens is 450 g/mol. The van der Waals surface area contributed by atoms with Crippen LogP contribution in [0.1, 0.15) is 40.0 Å². The standard InChI is InChI=1S/C30H29N3O3/c1-19-11-13-21(14-12-19)27-26(24-9-5-6-10-25(24)31-27)28-22-7-3-4-8-23(22)30(35)33(28)20(2)29(34)32-15-17-36-18-16-32/h3-14,20,28,31H,15-18H2,1-2H3/t20-,28-/m0/s1. The van der Waals surface area contributed by atoms with Gasteiger partial charge in [0.2, 0.25) is 5.91 Å². The second-order valence-electron chi connectivity index (χ2n) is 9.64. The van der Waals surface area contributed by atoms with Crippen LogP contribution in [-0.4, -0.2) is 58.9 Å². The Labute approximate surface area is 210 Å². The van der Waals surface area contributed by atoms with E-state index in [0.29, 0.717) is 31.9 Å². The molecule has 3 heterocycles. The Morgan fingerprint density at radius 2 is 1.67 bits per heavy atom. The van der Waals surface area contributed by atoms with Crippen LogP contribution < -0.4 is 0 Å². The summed E-state index contributed by atoms with van der Waals surface area (Å²) in [5.74, 6) is -0.147. The second-order valence-corrected chi connectivity index (χ2v) is 9.64. The first-order chi connectivity index (χ1) is 17.5. The van der Waals surface area contributed by atoms with Gasteiger partial charge in [0.15, 0.2) is 0 Å². The minimum atomic E-state index is -0.618. The Bertz CT molecular complexity index is 1450. The number of nitrogens with zero attached hydrogens (tertiary/aromatic N) is 2. The minimum Gasteiger partial charge on any atom is -0.378 e. The van der Waals surface area contributed by atoms with Gasteiger partial charge in [-0.2, -0.15) is 0 Å². The third-order valence-electron chi connectivity index (χ3n) is 7.46. The number of carbonyl (C=O) groups excluding carboxylic acids is 2. The number of ether oxygens (including phenoxy) is 1. The van der Waals surface area contributed by atoms with Gasteiger partial charge in [-0.05, 0) is 37.1 Å². The summed E-state index contributed by atoms with van der Waals surface area (Å²) in [5.41, 5.74) is 6.83. The molecule has 0 saturated carbocycles. The largest absolute Gasteiger partial charge is 0.378 e. The molecule has 6 rings (SSSR count). The van der Waals surface area contributed by atoms with Crippen molar-refractivity contribution < 1.29 is 14.3 Å². The van der Waals surface area contributed by atoms with Crippen molar-refractivity contribution in [2.45, 2.75) is 25.9 Å². The lowest BCUT2D eigenvalue weighted by Crippen LogP contribution is -2.51. The number of para-hydroxylation sites is 1. The highest BCUT2D eigenvalue weighted by Crippen LogP contribution is 2.46. The van der Waals surface area contributed by atoms with Gasteiger partial charge in [-0.25, -0.2) is 0 Å². The Kier molecular flexibility index (Phi) is 5.61. The molecule has 1 aromatic heterocycles. The van der Waals surface area contributed by atoms with Crippen molar-refractivity contribution in [2.75, 3.05) is 26.3 Å². The molecule has 6 nitrogen and oxygen atoms in total. The maximum atomic E-state index is 13.9. The molecule has 0 spiro atoms. The maximum absolute atomic E-state index is 13.9. The average Bonchev–Trinajstić information content (AvgIpc) is 3.44. The van der Waals surface area contributed by atoms with Gasteiger partial charge in [0.05, 0.1) is 24.9 Å². The molecule has 1 saturated heterocycles. The third-order valence-corrected chi connectivity index (χ3v) is 7.46. The summed E-state index contributed by atoms with van der Waals surface area (Å²) >= 11 is 0. The lowest BCUT2D eigenvalue weighted by molar-refractivity contribution is -0.140. The fourth-order valence-corrected chi connectivity index (χ4v) is 5.59. The molecule has 2 aliphatic heterocycles. The molecule has 2 aliphatic rings. The number of aromatic amines is 1. The molecule has 0 radical (unpaired) electrons. The fraction of sp³-hybridized carbons (Fsp3) is 0.267. The summed E-state index contributed by atoms with van der Waals surface area (Å²) in [6, 6.07) is 23.3. The normalized spacial score (nSPS) is 18.5. The van der Waals surface area contributed by atoms with E-state index in [0.717, 1.165) is 33.3 Å². The summed E-state index contributed by atoms with van der Waals surface area (Å²) in [7, 11) is 0. The molecule has 1 N–H and O–H groups in total. The Morgan fingerprint density at radius 1 is 0.972 bits per heavy atom. The number of rotatable bonds is 4. The van der Waals surface area contributed by atoms with Crippen LogP contribution in [0.5, 0.6) is 0 Å². The molecule has 2 atom stereocenters. The summed E-state index contributed by atoms with van der Waals surface area (Å²) in [6.07, 6.45) is 0. The number of hydrogen-bond acceptors (Lipinski definition) is 3. The average molecular weight is 480 g/mol. The van der Waals surface area contributed by atoms with E-state index in [2.05, 4.69) is 48.3 Å². The van der Waals surface area contributed by atoms with Crippen LogP contribution in [0.2, 0.25) is 0 Å². The van der Waals surface area contributed by atoms with Crippen LogP contribution in [0.4, 0.5) is 0 Å². The van der Waals surface area contributed by atoms with E-state index in [4.69, 9.17) is 4.74 Å². The molecule has 6 heteroatoms. The molecule has 36 heavy (non-hydrogen) atoms. The zero-order valence-corrected chi connectivity index (χ0v) is 20.5. The third kappa shape index (κ3) is 3.60. The first kappa shape index (κ1) is 22.6. The van der Waals surface area contributed by atoms with Crippen LogP contribution >= 0.6 is 0 Å². The summed E-state index contributed by atoms with van der Waals surface area (Å²) in [4.78, 5) is 34.7. The maximum Gasteiger partial charge on any atom is 0.255 e. The van der Waals surface area contributed by atoms with E-state index in [9.17, 15) is 9.59 Å². The van der Waals surface area contributed by atoms with Gasteiger partial charge < -0.3 is 19.5 Å². The van der Waals surface area contributed by atoms with E-state index in [-0.39, 0.29) is 17.9 Å². The van der Waals surface area contributed by atoms with E-state index in [1.807, 2.05) is 48.2 Å². The molecule has 2 amide bonds. The molecule has 0 unspecified atom stereocenters. The first-order valence-corrected chi connectivity index (χ1v) is 12.5. The zero-order valence-electron chi connectivity index (χ0n) is 20.5. The Morgan fingerprint density at radius 3 is 2.44 bits per heavy atom. The fourth-order valence-electron chi connectivity index (χ4n) is 5.59. The van der Waals surface area contributed by atoms with Crippen molar-refractivity contribution in [3.8, 4) is 11.3 Å². The smallest absolute Gasteiger partial charge is 0.255 e. The highest BCUT2D eigenvalue weighted by Gasteiger charge is 2.45. The van der Waals surface area contributed by atoms with Gasteiger partial charge in [0.25, 0.3) is 5.91 Å². The molecule has 3 aromatic carbocycles. The number of amides is 2. The second kappa shape index (κ2) is 8.95. The van der Waals surface area contributed by atoms with Gasteiger partial charge >= 0.3 is 0 Å². The number of aryl methyl sites for hydroxylation is 1. The number of aromatic nitrogens is 1. The molecule has 0 aliphatic carbocycles. The first-order valence-electron chi connectivity index (χ1n) is 12.5. The SMILES string of the molecule is Cc1ccc(-c2[nH]c3ccccc3c2[C@@H]2c3ccccc3C(=O)N2[C@@H](C)C(=O)N2CCOCC2)cc1. The van der Waals surface area contributed by atoms with E-state index in [1.54, 1.807) is 4.90 Å². The number of carbonyl (C=O) groups is 2. The van der Waals surface area contributed by atoms with Gasteiger partial charge in [0, 0.05) is 35.1 Å². The predicted octanol–water partition coefficient (Wildman–Crippen LogP) is 4.94. The molecule has 4 aromatic rings. The number of fused-ring (bicyclic) bond motifs is 2. The van der Waals surface area contributed by atoms with E-state index < -0.39 is 6.04 Å². The number of H-pyrrole nitrogens is 1. The monoisotopic (exact) mass is 479 g/mol. The van der Waals surface area contributed by atoms with Crippen molar-refractivity contribution in [3.63, 3.8) is 0 Å². The molecule has 0 bridgehead atoms. The summed E-state index contributed by atoms with van der Waals surface area (Å²) in [6.45, 7) is 6.07. The number of hydrogen-bond donors (Lipinski definition) is 1. The van der Waals surface area contributed by atoms with Crippen LogP contribution in [-0.2, 0) is 9.53 Å². The van der Waals surface area contributed by atoms with Crippen molar-refractivity contribution in [1.82, 2.24) is 14.8 Å². The van der Waals surface area contributed by atoms with Crippen molar-refractivity contribution in [1.29, 1.82) is 0 Å². The quantitative estimate of drug-likeness (QED) is 0.451. The Hall–Kier alpha value is -3.90. The van der Waals surface area contributed by atoms with Gasteiger partial charge in [0.1, 0.15) is 6.04 Å². The highest BCUT2D eigenvalue weighted by atomic mass is 16.5. The lowest BCUT2D eigenvalue weighted by atomic mass is 9.92. The summed E-state index contributed by atoms with van der Waals surface area (Å²) < 4.78 is 5.45. The van der Waals surface area contributed by atoms with E-state index in [1.165, 1.54) is 5.56 Å². The van der Waals surface area contributed by atoms with Crippen molar-refractivity contribution in [2.24, 2.45) is 0 Å². The zero-order chi connectivity index (χ0) is 24.8. The molecule has 182 valence electrons. The van der Waals surface area contributed by atoms with E-state index >= 15 is 0 Å². The minimum absolute atomic E-state index is 0.0406. The highest BCUT2D eigenvalue weighted by molar-refractivity contribution is 6.04. The lowest BCUT2D eigenvalue weighted by Gasteiger charge is -2.36. The van der Waals surface area contributed by atoms with Gasteiger partial charge in [-0.3, -0.25) is 9.59 Å². The summed E-state index contributed by atoms with van der Waals surface area (Å²) in [5, 5.41) is 1.05. The van der Waals surface area contributed by atoms with Gasteiger partial charge in [-0.1, -0.05) is 66.2 Å². The Balaban J connectivity index is 1.54. The predicted molar refractivity (Wildman–Crippen MR) is 140 cm³/mol. The van der Waals surface area contributed by atoms with Crippen LogP contribution in [0, 0.1) is 6.92 Å². The van der Waals surface area contributed by atoms with Crippen LogP contribution in [0.3, 0.4) is 0 Å². The van der Waals surface area contributed by atoms with Crippen LogP contribution in [0.15, 0.2) is 72.8 Å². The molecule has 1 fully saturated rings. The molecular formula is C30H29N3O3. The van der Waals surface area contributed by atoms with Crippen molar-refractivity contribution >= 4 is 22.7 Å². The topological polar surface area (TPSA) is 65.6 Å².